The standard InChI is InChI=1S/C25H30N4O4/c1-16(25(30)29-21-8-6-5-7-20(21)26)11-17-9-10-18(27-14-17)15-28-19-12-22(31-2)24(33-4)23(13-19)32-3/h5-10,12-14,16,28H,11,15,26H2,1-4H3,(H,29,30)/p+1. The van der Waals surface area contributed by atoms with Gasteiger partial charge in [0.2, 0.25) is 5.75 Å². The van der Waals surface area contributed by atoms with E-state index in [-0.39, 0.29) is 11.8 Å². The van der Waals surface area contributed by atoms with E-state index >= 15 is 0 Å². The van der Waals surface area contributed by atoms with Crippen molar-refractivity contribution >= 4 is 23.0 Å². The van der Waals surface area contributed by atoms with Crippen LogP contribution < -0.4 is 30.6 Å². The van der Waals surface area contributed by atoms with Crippen LogP contribution in [0.2, 0.25) is 0 Å². The Morgan fingerprint density at radius 3 is 2.33 bits per heavy atom. The second-order valence-corrected chi connectivity index (χ2v) is 7.71. The normalized spacial score (nSPS) is 11.5. The van der Waals surface area contributed by atoms with Crippen LogP contribution >= 0.6 is 0 Å². The molecule has 5 N–H and O–H groups in total. The number of nitrogens with two attached hydrogens (primary N) is 2. The quantitative estimate of drug-likeness (QED) is 0.406. The summed E-state index contributed by atoms with van der Waals surface area (Å²) in [4.78, 5) is 17.1. The van der Waals surface area contributed by atoms with Gasteiger partial charge in [0.05, 0.1) is 45.2 Å². The highest BCUT2D eigenvalue weighted by atomic mass is 16.5. The maximum Gasteiger partial charge on any atom is 0.318 e. The van der Waals surface area contributed by atoms with E-state index in [1.165, 1.54) is 0 Å². The molecule has 1 amide bonds. The fraction of sp³-hybridized carbons (Fsp3) is 0.280. The molecule has 1 unspecified atom stereocenters. The van der Waals surface area contributed by atoms with Crippen LogP contribution in [-0.4, -0.2) is 32.2 Å². The molecule has 0 spiro atoms. The van der Waals surface area contributed by atoms with Crippen molar-refractivity contribution in [2.75, 3.05) is 32.4 Å². The zero-order chi connectivity index (χ0) is 23.8. The highest BCUT2D eigenvalue weighted by Gasteiger charge is 2.20. The molecule has 1 heterocycles. The molecule has 0 saturated carbocycles. The van der Waals surface area contributed by atoms with Crippen LogP contribution in [0, 0.1) is 5.92 Å². The molecule has 0 saturated heterocycles. The first-order valence-corrected chi connectivity index (χ1v) is 10.7. The van der Waals surface area contributed by atoms with E-state index in [0.717, 1.165) is 22.6 Å². The number of hydrogen-bond acceptors (Lipinski definition) is 7. The van der Waals surface area contributed by atoms with Crippen molar-refractivity contribution in [3.05, 3.63) is 66.0 Å². The van der Waals surface area contributed by atoms with Crippen molar-refractivity contribution < 1.29 is 24.3 Å². The number of pyridine rings is 1. The fourth-order valence-corrected chi connectivity index (χ4v) is 3.45. The Balaban J connectivity index is 1.58. The number of ether oxygens (including phenoxy) is 3. The Labute approximate surface area is 194 Å². The Kier molecular flexibility index (Phi) is 8.10. The first-order valence-electron chi connectivity index (χ1n) is 10.7. The number of hydrogen-bond donors (Lipinski definition) is 3. The number of quaternary nitrogens is 1. The van der Waals surface area contributed by atoms with Gasteiger partial charge in [-0.3, -0.25) is 4.98 Å². The summed E-state index contributed by atoms with van der Waals surface area (Å²) in [5.74, 6) is 1.57. The second-order valence-electron chi connectivity index (χ2n) is 7.71. The van der Waals surface area contributed by atoms with Crippen LogP contribution in [0.3, 0.4) is 0 Å². The van der Waals surface area contributed by atoms with E-state index in [0.29, 0.717) is 35.9 Å². The minimum atomic E-state index is -0.172. The molecule has 3 aromatic rings. The maximum absolute atomic E-state index is 12.6. The maximum atomic E-state index is 12.6. The summed E-state index contributed by atoms with van der Waals surface area (Å²) in [6, 6.07) is 15.0. The van der Waals surface area contributed by atoms with Gasteiger partial charge in [-0.15, -0.1) is 0 Å². The van der Waals surface area contributed by atoms with Gasteiger partial charge in [-0.1, -0.05) is 18.2 Å². The molecule has 0 aliphatic rings. The van der Waals surface area contributed by atoms with Gasteiger partial charge in [0.25, 0.3) is 0 Å². The molecule has 33 heavy (non-hydrogen) atoms. The molecule has 174 valence electrons. The topological polar surface area (TPSA) is 112 Å². The van der Waals surface area contributed by atoms with Crippen molar-refractivity contribution in [3.63, 3.8) is 0 Å². The summed E-state index contributed by atoms with van der Waals surface area (Å²) in [6.45, 7) is 2.44. The number of nitrogens with zero attached hydrogens (tertiary/aromatic N) is 1. The number of para-hydroxylation sites is 2. The monoisotopic (exact) mass is 451 g/mol. The van der Waals surface area contributed by atoms with Gasteiger partial charge >= 0.3 is 5.91 Å². The van der Waals surface area contributed by atoms with Gasteiger partial charge in [0.1, 0.15) is 0 Å². The van der Waals surface area contributed by atoms with Crippen molar-refractivity contribution in [3.8, 4) is 17.2 Å². The largest absolute Gasteiger partial charge is 0.493 e. The lowest BCUT2D eigenvalue weighted by atomic mass is 10.0. The number of nitrogens with one attached hydrogen (secondary N) is 1. The van der Waals surface area contributed by atoms with Crippen LogP contribution in [0.25, 0.3) is 0 Å². The average molecular weight is 452 g/mol. The number of methoxy groups -OCH3 is 3. The molecule has 0 fully saturated rings. The Morgan fingerprint density at radius 1 is 1.06 bits per heavy atom. The van der Waals surface area contributed by atoms with Gasteiger partial charge in [-0.2, -0.15) is 0 Å². The SMILES string of the molecule is COc1cc(NCc2ccc(CC(C)C(=O)[NH2+]c3ccccc3N)cn2)cc(OC)c1OC. The third-order valence-electron chi connectivity index (χ3n) is 5.35. The number of primary amides is 1. The third kappa shape index (κ3) is 6.14. The van der Waals surface area contributed by atoms with Gasteiger partial charge < -0.3 is 25.3 Å². The molecule has 3 rings (SSSR count). The summed E-state index contributed by atoms with van der Waals surface area (Å²) in [5.41, 5.74) is 9.98. The van der Waals surface area contributed by atoms with Crippen LogP contribution in [0.5, 0.6) is 17.2 Å². The molecular weight excluding hydrogens is 420 g/mol. The minimum absolute atomic E-state index is 0.0426. The van der Waals surface area contributed by atoms with E-state index in [1.807, 2.05) is 55.6 Å². The first-order chi connectivity index (χ1) is 15.9. The van der Waals surface area contributed by atoms with Crippen molar-refractivity contribution in [1.29, 1.82) is 0 Å². The predicted molar refractivity (Wildman–Crippen MR) is 128 cm³/mol. The third-order valence-corrected chi connectivity index (χ3v) is 5.35. The van der Waals surface area contributed by atoms with Gasteiger partial charge in [-0.25, -0.2) is 10.1 Å². The van der Waals surface area contributed by atoms with Gasteiger partial charge in [0, 0.05) is 30.1 Å². The number of benzene rings is 2. The summed E-state index contributed by atoms with van der Waals surface area (Å²) < 4.78 is 16.1. The summed E-state index contributed by atoms with van der Waals surface area (Å²) in [7, 11) is 4.74. The predicted octanol–water partition coefficient (Wildman–Crippen LogP) is 2.90. The van der Waals surface area contributed by atoms with Gasteiger partial charge in [0.15, 0.2) is 17.2 Å². The Hall–Kier alpha value is -3.78. The second kappa shape index (κ2) is 11.2. The molecule has 0 aliphatic carbocycles. The number of carbonyl (C=O) groups is 1. The van der Waals surface area contributed by atoms with Crippen LogP contribution in [-0.2, 0) is 17.8 Å². The van der Waals surface area contributed by atoms with E-state index in [1.54, 1.807) is 32.7 Å². The number of carbonyl (C=O) groups excluding carboxylic acids is 1. The molecule has 1 atom stereocenters. The Bertz CT molecular complexity index is 1060. The highest BCUT2D eigenvalue weighted by molar-refractivity contribution is 5.73. The zero-order valence-electron chi connectivity index (χ0n) is 19.4. The number of amides is 1. The molecule has 8 heteroatoms. The molecule has 1 aromatic heterocycles. The lowest BCUT2D eigenvalue weighted by Crippen LogP contribution is -2.84. The minimum Gasteiger partial charge on any atom is -0.493 e. The van der Waals surface area contributed by atoms with Crippen molar-refractivity contribution in [2.45, 2.75) is 19.9 Å². The summed E-state index contributed by atoms with van der Waals surface area (Å²) >= 11 is 0. The molecule has 2 aromatic carbocycles. The lowest BCUT2D eigenvalue weighted by Gasteiger charge is -2.15. The van der Waals surface area contributed by atoms with E-state index in [2.05, 4.69) is 10.3 Å². The molecule has 0 bridgehead atoms. The van der Waals surface area contributed by atoms with Crippen LogP contribution in [0.1, 0.15) is 18.2 Å². The van der Waals surface area contributed by atoms with E-state index in [9.17, 15) is 4.79 Å². The lowest BCUT2D eigenvalue weighted by molar-refractivity contribution is -0.486. The molecule has 8 nitrogen and oxygen atoms in total. The van der Waals surface area contributed by atoms with E-state index in [4.69, 9.17) is 19.9 Å². The Morgan fingerprint density at radius 2 is 1.76 bits per heavy atom. The smallest absolute Gasteiger partial charge is 0.318 e. The zero-order valence-corrected chi connectivity index (χ0v) is 19.4. The van der Waals surface area contributed by atoms with E-state index < -0.39 is 0 Å². The van der Waals surface area contributed by atoms with Crippen molar-refractivity contribution in [2.24, 2.45) is 5.92 Å². The first kappa shape index (κ1) is 23.9. The summed E-state index contributed by atoms with van der Waals surface area (Å²) in [6.07, 6.45) is 2.42. The summed E-state index contributed by atoms with van der Waals surface area (Å²) in [5, 5.41) is 4.94. The molecular formula is C25H31N4O4+. The van der Waals surface area contributed by atoms with Gasteiger partial charge in [-0.05, 0) is 31.0 Å². The number of rotatable bonds is 10. The highest BCUT2D eigenvalue weighted by Crippen LogP contribution is 2.40. The molecule has 0 aliphatic heterocycles. The average Bonchev–Trinajstić information content (AvgIpc) is 2.84. The van der Waals surface area contributed by atoms with Crippen molar-refractivity contribution in [1.82, 2.24) is 4.98 Å². The van der Waals surface area contributed by atoms with Crippen LogP contribution in [0.15, 0.2) is 54.7 Å². The number of anilines is 2. The number of nitrogen functional groups attached to an aromatic ring is 1. The molecule has 0 radical (unpaired) electrons. The fourth-order valence-electron chi connectivity index (χ4n) is 3.45. The number of aromatic nitrogens is 1. The van der Waals surface area contributed by atoms with Crippen LogP contribution in [0.4, 0.5) is 17.1 Å².